The maximum Gasteiger partial charge on any atom is 0.266 e. The zero-order chi connectivity index (χ0) is 19.9. The number of ether oxygens (including phenoxy) is 2. The summed E-state index contributed by atoms with van der Waals surface area (Å²) in [6.07, 6.45) is 2.77. The molecule has 0 bridgehead atoms. The summed E-state index contributed by atoms with van der Waals surface area (Å²) in [7, 11) is 3.23. The Morgan fingerprint density at radius 3 is 2.89 bits per heavy atom. The molecule has 0 radical (unpaired) electrons. The van der Waals surface area contributed by atoms with E-state index in [0.717, 1.165) is 17.1 Å². The highest BCUT2D eigenvalue weighted by Crippen LogP contribution is 2.33. The summed E-state index contributed by atoms with van der Waals surface area (Å²) >= 11 is 0. The molecule has 0 spiro atoms. The molecule has 0 saturated carbocycles. The van der Waals surface area contributed by atoms with Crippen molar-refractivity contribution in [2.75, 3.05) is 20.8 Å². The third-order valence-electron chi connectivity index (χ3n) is 4.66. The van der Waals surface area contributed by atoms with Gasteiger partial charge in [0.05, 0.1) is 20.3 Å². The minimum atomic E-state index is -0.363. The maximum absolute atomic E-state index is 12.4. The number of carbonyl (C=O) groups excluding carboxylic acids is 1. The number of hydrazine groups is 1. The molecule has 1 aromatic heterocycles. The number of rotatable bonds is 8. The third kappa shape index (κ3) is 4.68. The largest absolute Gasteiger partial charge is 0.497 e. The van der Waals surface area contributed by atoms with Crippen LogP contribution in [-0.2, 0) is 11.3 Å². The lowest BCUT2D eigenvalue weighted by Crippen LogP contribution is -2.43. The van der Waals surface area contributed by atoms with Crippen LogP contribution in [0.15, 0.2) is 41.3 Å². The second-order valence-corrected chi connectivity index (χ2v) is 6.47. The SMILES string of the molecule is COc1ccc(OC)c(C2CC(C(=O)NCCCn3ncccc3=O)NN2)c1. The normalized spacial score (nSPS) is 18.6. The van der Waals surface area contributed by atoms with E-state index in [1.54, 1.807) is 26.5 Å². The molecule has 1 aliphatic heterocycles. The predicted molar refractivity (Wildman–Crippen MR) is 103 cm³/mol. The van der Waals surface area contributed by atoms with Gasteiger partial charge in [-0.2, -0.15) is 5.10 Å². The van der Waals surface area contributed by atoms with E-state index in [-0.39, 0.29) is 23.6 Å². The van der Waals surface area contributed by atoms with Gasteiger partial charge in [-0.25, -0.2) is 15.5 Å². The molecule has 0 aliphatic carbocycles. The minimum Gasteiger partial charge on any atom is -0.497 e. The number of aromatic nitrogens is 2. The van der Waals surface area contributed by atoms with Crippen molar-refractivity contribution < 1.29 is 14.3 Å². The molecule has 1 saturated heterocycles. The van der Waals surface area contributed by atoms with Crippen molar-refractivity contribution in [1.82, 2.24) is 25.9 Å². The summed E-state index contributed by atoms with van der Waals surface area (Å²) < 4.78 is 12.1. The highest BCUT2D eigenvalue weighted by Gasteiger charge is 2.31. The van der Waals surface area contributed by atoms with Gasteiger partial charge in [-0.15, -0.1) is 0 Å². The number of methoxy groups -OCH3 is 2. The smallest absolute Gasteiger partial charge is 0.266 e. The van der Waals surface area contributed by atoms with Crippen LogP contribution in [0.25, 0.3) is 0 Å². The molecule has 150 valence electrons. The maximum atomic E-state index is 12.4. The Balaban J connectivity index is 1.50. The van der Waals surface area contributed by atoms with E-state index in [1.165, 1.54) is 10.7 Å². The van der Waals surface area contributed by atoms with Crippen molar-refractivity contribution >= 4 is 5.91 Å². The summed E-state index contributed by atoms with van der Waals surface area (Å²) in [5.74, 6) is 1.38. The Morgan fingerprint density at radius 2 is 2.14 bits per heavy atom. The van der Waals surface area contributed by atoms with Crippen molar-refractivity contribution in [3.63, 3.8) is 0 Å². The summed E-state index contributed by atoms with van der Waals surface area (Å²) in [6.45, 7) is 0.924. The monoisotopic (exact) mass is 387 g/mol. The Bertz CT molecular complexity index is 869. The Hall–Kier alpha value is -2.91. The number of aryl methyl sites for hydroxylation is 1. The van der Waals surface area contributed by atoms with Gasteiger partial charge >= 0.3 is 0 Å². The molecular weight excluding hydrogens is 362 g/mol. The van der Waals surface area contributed by atoms with Crippen LogP contribution in [0, 0.1) is 0 Å². The first-order valence-corrected chi connectivity index (χ1v) is 9.15. The van der Waals surface area contributed by atoms with E-state index in [0.29, 0.717) is 25.9 Å². The van der Waals surface area contributed by atoms with Gasteiger partial charge in [0.2, 0.25) is 5.91 Å². The summed E-state index contributed by atoms with van der Waals surface area (Å²) in [5.41, 5.74) is 6.97. The summed E-state index contributed by atoms with van der Waals surface area (Å²) in [4.78, 5) is 24.0. The molecule has 1 fully saturated rings. The van der Waals surface area contributed by atoms with Gasteiger partial charge in [-0.05, 0) is 37.1 Å². The van der Waals surface area contributed by atoms with Crippen LogP contribution in [0.2, 0.25) is 0 Å². The van der Waals surface area contributed by atoms with Crippen molar-refractivity contribution in [3.8, 4) is 11.5 Å². The molecule has 3 rings (SSSR count). The van der Waals surface area contributed by atoms with Crippen LogP contribution in [-0.4, -0.2) is 42.5 Å². The average Bonchev–Trinajstić information content (AvgIpc) is 3.22. The summed E-state index contributed by atoms with van der Waals surface area (Å²) in [6, 6.07) is 8.22. The Kier molecular flexibility index (Phi) is 6.62. The fourth-order valence-corrected chi connectivity index (χ4v) is 3.16. The number of hydrogen-bond acceptors (Lipinski definition) is 7. The van der Waals surface area contributed by atoms with Crippen molar-refractivity contribution in [3.05, 3.63) is 52.4 Å². The second-order valence-electron chi connectivity index (χ2n) is 6.47. The molecule has 2 atom stereocenters. The first kappa shape index (κ1) is 19.8. The first-order valence-electron chi connectivity index (χ1n) is 9.15. The number of nitrogens with one attached hydrogen (secondary N) is 3. The van der Waals surface area contributed by atoms with E-state index in [9.17, 15) is 9.59 Å². The first-order chi connectivity index (χ1) is 13.6. The van der Waals surface area contributed by atoms with Crippen LogP contribution in [0.3, 0.4) is 0 Å². The van der Waals surface area contributed by atoms with Gasteiger partial charge < -0.3 is 14.8 Å². The third-order valence-corrected chi connectivity index (χ3v) is 4.66. The van der Waals surface area contributed by atoms with Crippen molar-refractivity contribution in [1.29, 1.82) is 0 Å². The predicted octanol–water partition coefficient (Wildman–Crippen LogP) is 0.375. The molecular formula is C19H25N5O4. The molecule has 9 heteroatoms. The second kappa shape index (κ2) is 9.34. The van der Waals surface area contributed by atoms with E-state index in [1.807, 2.05) is 18.2 Å². The van der Waals surface area contributed by atoms with Gasteiger partial charge in [0.1, 0.15) is 17.5 Å². The zero-order valence-electron chi connectivity index (χ0n) is 16.0. The molecule has 1 amide bonds. The number of amides is 1. The molecule has 1 aromatic carbocycles. The minimum absolute atomic E-state index is 0.0760. The Morgan fingerprint density at radius 1 is 1.29 bits per heavy atom. The lowest BCUT2D eigenvalue weighted by molar-refractivity contribution is -0.122. The van der Waals surface area contributed by atoms with Gasteiger partial charge in [0.25, 0.3) is 5.56 Å². The lowest BCUT2D eigenvalue weighted by atomic mass is 10.0. The molecule has 1 aliphatic rings. The van der Waals surface area contributed by atoms with Crippen LogP contribution >= 0.6 is 0 Å². The molecule has 3 N–H and O–H groups in total. The van der Waals surface area contributed by atoms with Crippen LogP contribution < -0.4 is 31.2 Å². The van der Waals surface area contributed by atoms with Crippen LogP contribution in [0.5, 0.6) is 11.5 Å². The van der Waals surface area contributed by atoms with Gasteiger partial charge in [0, 0.05) is 30.9 Å². The van der Waals surface area contributed by atoms with Crippen LogP contribution in [0.4, 0.5) is 0 Å². The fraction of sp³-hybridized carbons (Fsp3) is 0.421. The lowest BCUT2D eigenvalue weighted by Gasteiger charge is -2.15. The molecule has 9 nitrogen and oxygen atoms in total. The van der Waals surface area contributed by atoms with E-state index in [4.69, 9.17) is 9.47 Å². The number of benzene rings is 1. The number of nitrogens with zero attached hydrogens (tertiary/aromatic N) is 2. The summed E-state index contributed by atoms with van der Waals surface area (Å²) in [5, 5.41) is 6.89. The van der Waals surface area contributed by atoms with E-state index >= 15 is 0 Å². The number of hydrogen-bond donors (Lipinski definition) is 3. The van der Waals surface area contributed by atoms with Crippen molar-refractivity contribution in [2.24, 2.45) is 0 Å². The Labute approximate surface area is 163 Å². The highest BCUT2D eigenvalue weighted by atomic mass is 16.5. The van der Waals surface area contributed by atoms with E-state index in [2.05, 4.69) is 21.3 Å². The molecule has 2 unspecified atom stereocenters. The van der Waals surface area contributed by atoms with E-state index < -0.39 is 0 Å². The quantitative estimate of drug-likeness (QED) is 0.562. The van der Waals surface area contributed by atoms with Gasteiger partial charge in [0.15, 0.2) is 0 Å². The molecule has 28 heavy (non-hydrogen) atoms. The molecule has 2 heterocycles. The van der Waals surface area contributed by atoms with Crippen molar-refractivity contribution in [2.45, 2.75) is 31.5 Å². The topological polar surface area (TPSA) is 107 Å². The van der Waals surface area contributed by atoms with Gasteiger partial charge in [-0.3, -0.25) is 9.59 Å². The van der Waals surface area contributed by atoms with Crippen LogP contribution in [0.1, 0.15) is 24.4 Å². The fourth-order valence-electron chi connectivity index (χ4n) is 3.16. The highest BCUT2D eigenvalue weighted by molar-refractivity contribution is 5.82. The zero-order valence-corrected chi connectivity index (χ0v) is 16.0. The molecule has 2 aromatic rings. The average molecular weight is 387 g/mol. The van der Waals surface area contributed by atoms with Gasteiger partial charge in [-0.1, -0.05) is 0 Å². The standard InChI is InChI=1S/C19H25N5O4/c1-27-13-6-7-17(28-2)14(11-13)15-12-16(23-22-15)19(26)20-8-4-10-24-18(25)5-3-9-21-24/h3,5-7,9,11,15-16,22-23H,4,8,10,12H2,1-2H3,(H,20,26). The number of carbonyl (C=O) groups is 1.